The molecule has 60 heavy (non-hydrogen) atoms. The smallest absolute Gasteiger partial charge is 0.340 e. The molecule has 0 fully saturated rings. The minimum absolute atomic E-state index is 0.00360. The Bertz CT molecular complexity index is 2200. The van der Waals surface area contributed by atoms with Crippen molar-refractivity contribution in [3.63, 3.8) is 0 Å². The Hall–Kier alpha value is -8.28. The van der Waals surface area contributed by atoms with E-state index in [1.165, 1.54) is 147 Å². The van der Waals surface area contributed by atoms with Crippen molar-refractivity contribution < 1.29 is 57.2 Å². The largest absolute Gasteiger partial charge is 0.458 e. The maximum absolute atomic E-state index is 14.0. The summed E-state index contributed by atoms with van der Waals surface area (Å²) >= 11 is 0. The van der Waals surface area contributed by atoms with Crippen LogP contribution in [0.25, 0.3) is 0 Å². The van der Waals surface area contributed by atoms with Gasteiger partial charge in [0.1, 0.15) is 13.2 Å². The van der Waals surface area contributed by atoms with Gasteiger partial charge in [0.05, 0.1) is 33.4 Å². The number of hydrogen-bond donors (Lipinski definition) is 0. The van der Waals surface area contributed by atoms with Gasteiger partial charge in [-0.3, -0.25) is 29.9 Å². The molecule has 0 bridgehead atoms. The first-order chi connectivity index (χ1) is 29.3. The molecule has 0 unspecified atom stereocenters. The summed E-state index contributed by atoms with van der Waals surface area (Å²) in [7, 11) is 0. The standard InChI is InChI=1S/C42H32N6O12/c49-37(27-7-1-13-43-19-27)55-25-33(57-39(51)29-9-3-15-45-21-29)35(59-41(53)31-11-5-17-47-23-31)36(60-42(54)32-12-6-18-48-24-32)34(58-40(52)30-10-4-16-46-22-30)26-56-38(50)28-8-2-14-44-20-28/h1-24,33-36H,25-26H2/t33-,34-,35-,36+/m0/s1. The highest BCUT2D eigenvalue weighted by Gasteiger charge is 2.46. The second-order valence-corrected chi connectivity index (χ2v) is 12.3. The predicted molar refractivity (Wildman–Crippen MR) is 203 cm³/mol. The third-order valence-corrected chi connectivity index (χ3v) is 8.20. The number of aromatic nitrogens is 6. The summed E-state index contributed by atoms with van der Waals surface area (Å²) in [4.78, 5) is 106. The zero-order valence-corrected chi connectivity index (χ0v) is 31.2. The Morgan fingerprint density at radius 3 is 0.817 bits per heavy atom. The highest BCUT2D eigenvalue weighted by molar-refractivity contribution is 5.92. The summed E-state index contributed by atoms with van der Waals surface area (Å²) in [5.41, 5.74) is -0.375. The predicted octanol–water partition coefficient (Wildman–Crippen LogP) is 3.97. The molecule has 0 N–H and O–H groups in total. The third kappa shape index (κ3) is 11.4. The van der Waals surface area contributed by atoms with E-state index in [0.717, 1.165) is 0 Å². The Morgan fingerprint density at radius 2 is 0.583 bits per heavy atom. The highest BCUT2D eigenvalue weighted by atomic mass is 16.6. The van der Waals surface area contributed by atoms with Gasteiger partial charge in [-0.05, 0) is 72.8 Å². The van der Waals surface area contributed by atoms with Crippen molar-refractivity contribution in [1.82, 2.24) is 29.9 Å². The molecule has 4 atom stereocenters. The fraction of sp³-hybridized carbons (Fsp3) is 0.143. The SMILES string of the molecule is O=C(OC[C@H](OC(=O)c1cccnc1)[C@H](OC(=O)c1cccnc1)[C@H](OC(=O)c1cccnc1)[C@H](COC(=O)c1cccnc1)OC(=O)c1cccnc1)c1cccnc1. The molecule has 0 amide bonds. The van der Waals surface area contributed by atoms with Crippen LogP contribution in [0.5, 0.6) is 0 Å². The molecule has 6 aromatic rings. The summed E-state index contributed by atoms with van der Waals surface area (Å²) in [5.74, 6) is -6.15. The Balaban J connectivity index is 1.48. The zero-order valence-electron chi connectivity index (χ0n) is 31.2. The van der Waals surface area contributed by atoms with Gasteiger partial charge in [-0.2, -0.15) is 0 Å². The first-order valence-electron chi connectivity index (χ1n) is 17.8. The molecule has 0 aromatic carbocycles. The fourth-order valence-electron chi connectivity index (χ4n) is 5.28. The van der Waals surface area contributed by atoms with Gasteiger partial charge in [0.2, 0.25) is 0 Å². The molecule has 0 aliphatic rings. The van der Waals surface area contributed by atoms with Crippen LogP contribution in [-0.2, 0) is 28.4 Å². The van der Waals surface area contributed by atoms with E-state index < -0.39 is 73.4 Å². The van der Waals surface area contributed by atoms with Crippen molar-refractivity contribution in [3.8, 4) is 0 Å². The molecule has 6 heterocycles. The molecule has 6 aromatic heterocycles. The molecule has 0 aliphatic carbocycles. The van der Waals surface area contributed by atoms with E-state index in [1.807, 2.05) is 0 Å². The third-order valence-electron chi connectivity index (χ3n) is 8.20. The molecule has 0 saturated carbocycles. The summed E-state index contributed by atoms with van der Waals surface area (Å²) in [6, 6.07) is 17.1. The maximum atomic E-state index is 14.0. The van der Waals surface area contributed by atoms with E-state index in [-0.39, 0.29) is 33.4 Å². The Labute approximate surface area is 340 Å². The number of esters is 6. The van der Waals surface area contributed by atoms with Crippen molar-refractivity contribution in [2.24, 2.45) is 0 Å². The van der Waals surface area contributed by atoms with Crippen LogP contribution >= 0.6 is 0 Å². The van der Waals surface area contributed by atoms with Gasteiger partial charge in [0.15, 0.2) is 24.4 Å². The number of carbonyl (C=O) groups excluding carboxylic acids is 6. The fourth-order valence-corrected chi connectivity index (χ4v) is 5.28. The number of carbonyl (C=O) groups is 6. The zero-order chi connectivity index (χ0) is 42.1. The summed E-state index contributed by atoms with van der Waals surface area (Å²) in [5, 5.41) is 0. The lowest BCUT2D eigenvalue weighted by Gasteiger charge is -2.35. The molecule has 6 rings (SSSR count). The van der Waals surface area contributed by atoms with Gasteiger partial charge < -0.3 is 28.4 Å². The van der Waals surface area contributed by atoms with Gasteiger partial charge >= 0.3 is 35.8 Å². The second-order valence-electron chi connectivity index (χ2n) is 12.3. The van der Waals surface area contributed by atoms with E-state index in [2.05, 4.69) is 29.9 Å². The van der Waals surface area contributed by atoms with Crippen LogP contribution < -0.4 is 0 Å². The molecule has 0 spiro atoms. The van der Waals surface area contributed by atoms with E-state index >= 15 is 0 Å². The number of hydrogen-bond acceptors (Lipinski definition) is 18. The van der Waals surface area contributed by atoms with Gasteiger partial charge in [-0.25, -0.2) is 28.8 Å². The van der Waals surface area contributed by atoms with Crippen molar-refractivity contribution in [3.05, 3.63) is 181 Å². The molecule has 0 radical (unpaired) electrons. The molecular formula is C42H32N6O12. The number of rotatable bonds is 17. The normalized spacial score (nSPS) is 12.6. The van der Waals surface area contributed by atoms with Crippen LogP contribution in [0.15, 0.2) is 147 Å². The first-order valence-corrected chi connectivity index (χ1v) is 17.8. The molecule has 0 aliphatic heterocycles. The maximum Gasteiger partial charge on any atom is 0.340 e. The lowest BCUT2D eigenvalue weighted by atomic mass is 10.0. The van der Waals surface area contributed by atoms with Crippen molar-refractivity contribution >= 4 is 35.8 Å². The van der Waals surface area contributed by atoms with Gasteiger partial charge in [-0.15, -0.1) is 0 Å². The second kappa shape index (κ2) is 20.8. The van der Waals surface area contributed by atoms with Crippen LogP contribution in [0.2, 0.25) is 0 Å². The molecule has 18 nitrogen and oxygen atoms in total. The van der Waals surface area contributed by atoms with E-state index in [4.69, 9.17) is 28.4 Å². The lowest BCUT2D eigenvalue weighted by Crippen LogP contribution is -2.54. The van der Waals surface area contributed by atoms with E-state index in [1.54, 1.807) is 0 Å². The van der Waals surface area contributed by atoms with Crippen LogP contribution in [0.4, 0.5) is 0 Å². The molecule has 18 heteroatoms. The van der Waals surface area contributed by atoms with Crippen LogP contribution in [0, 0.1) is 0 Å². The summed E-state index contributed by atoms with van der Waals surface area (Å²) < 4.78 is 35.0. The first kappa shape index (κ1) is 41.4. The Kier molecular flexibility index (Phi) is 14.3. The average molecular weight is 813 g/mol. The minimum atomic E-state index is -2.02. The van der Waals surface area contributed by atoms with Gasteiger partial charge in [-0.1, -0.05) is 0 Å². The monoisotopic (exact) mass is 812 g/mol. The topological polar surface area (TPSA) is 235 Å². The van der Waals surface area contributed by atoms with Crippen LogP contribution in [0.3, 0.4) is 0 Å². The number of pyridine rings is 6. The molecule has 302 valence electrons. The quantitative estimate of drug-likeness (QED) is 0.0935. The number of ether oxygens (including phenoxy) is 6. The molecule has 0 saturated heterocycles. The van der Waals surface area contributed by atoms with E-state index in [9.17, 15) is 28.8 Å². The number of nitrogens with zero attached hydrogens (tertiary/aromatic N) is 6. The summed E-state index contributed by atoms with van der Waals surface area (Å²) in [6.07, 6.45) is 7.86. The van der Waals surface area contributed by atoms with Crippen LogP contribution in [-0.4, -0.2) is 103 Å². The summed E-state index contributed by atoms with van der Waals surface area (Å²) in [6.45, 7) is -1.71. The Morgan fingerprint density at radius 1 is 0.350 bits per heavy atom. The lowest BCUT2D eigenvalue weighted by molar-refractivity contribution is -0.138. The molecular weight excluding hydrogens is 780 g/mol. The highest BCUT2D eigenvalue weighted by Crippen LogP contribution is 2.25. The van der Waals surface area contributed by atoms with Gasteiger partial charge in [0.25, 0.3) is 0 Å². The average Bonchev–Trinajstić information content (AvgIpc) is 3.31. The van der Waals surface area contributed by atoms with Crippen LogP contribution in [0.1, 0.15) is 62.1 Å². The van der Waals surface area contributed by atoms with Crippen molar-refractivity contribution in [2.45, 2.75) is 24.4 Å². The van der Waals surface area contributed by atoms with Crippen molar-refractivity contribution in [1.29, 1.82) is 0 Å². The van der Waals surface area contributed by atoms with Gasteiger partial charge in [0, 0.05) is 74.4 Å². The van der Waals surface area contributed by atoms with Crippen molar-refractivity contribution in [2.75, 3.05) is 13.2 Å². The minimum Gasteiger partial charge on any atom is -0.458 e. The van der Waals surface area contributed by atoms with E-state index in [0.29, 0.717) is 0 Å².